The van der Waals surface area contributed by atoms with Gasteiger partial charge in [0.2, 0.25) is 5.91 Å². The monoisotopic (exact) mass is 252 g/mol. The molecule has 0 heterocycles. The third-order valence-corrected chi connectivity index (χ3v) is 2.92. The molecule has 1 amide bonds. The van der Waals surface area contributed by atoms with Crippen LogP contribution in [0.1, 0.15) is 31.1 Å². The summed E-state index contributed by atoms with van der Waals surface area (Å²) in [5.74, 6) is 0.0905. The van der Waals surface area contributed by atoms with Crippen LogP contribution < -0.4 is 15.8 Å². The van der Waals surface area contributed by atoms with Crippen LogP contribution in [0.4, 0.5) is 5.69 Å². The average Bonchev–Trinajstić information content (AvgIpc) is 2.27. The Morgan fingerprint density at radius 3 is 2.56 bits per heavy atom. The van der Waals surface area contributed by atoms with Crippen molar-refractivity contribution in [3.05, 3.63) is 23.8 Å². The molecule has 100 valence electrons. The predicted octanol–water partition coefficient (Wildman–Crippen LogP) is 1.37. The lowest BCUT2D eigenvalue weighted by atomic mass is 10.0. The van der Waals surface area contributed by atoms with Gasteiger partial charge >= 0.3 is 0 Å². The Bertz CT molecular complexity index is 438. The smallest absolute Gasteiger partial charge is 0.248 e. The third-order valence-electron chi connectivity index (χ3n) is 2.92. The molecule has 18 heavy (non-hydrogen) atoms. The van der Waals surface area contributed by atoms with Crippen LogP contribution in [0.15, 0.2) is 18.2 Å². The molecule has 0 fully saturated rings. The molecule has 1 atom stereocenters. The van der Waals surface area contributed by atoms with E-state index in [9.17, 15) is 9.90 Å². The number of amides is 1. The molecule has 1 unspecified atom stereocenters. The normalized spacial score (nSPS) is 12.9. The summed E-state index contributed by atoms with van der Waals surface area (Å²) < 4.78 is 5.20. The first-order chi connectivity index (χ1) is 8.25. The number of ether oxygens (including phenoxy) is 1. The van der Waals surface area contributed by atoms with Gasteiger partial charge in [0.05, 0.1) is 24.4 Å². The summed E-state index contributed by atoms with van der Waals surface area (Å²) in [5.41, 5.74) is 5.36. The number of methoxy groups -OCH3 is 1. The van der Waals surface area contributed by atoms with Crippen molar-refractivity contribution in [3.8, 4) is 5.75 Å². The van der Waals surface area contributed by atoms with Gasteiger partial charge in [-0.15, -0.1) is 0 Å². The fourth-order valence-corrected chi connectivity index (χ4v) is 1.38. The van der Waals surface area contributed by atoms with E-state index in [2.05, 4.69) is 5.32 Å². The summed E-state index contributed by atoms with van der Waals surface area (Å²) in [6.45, 7) is 5.25. The van der Waals surface area contributed by atoms with Crippen LogP contribution in [-0.2, 0) is 0 Å². The lowest BCUT2D eigenvalue weighted by Crippen LogP contribution is -2.39. The number of carbonyl (C=O) groups excluding carboxylic acids is 1. The van der Waals surface area contributed by atoms with Crippen LogP contribution in [0.5, 0.6) is 5.75 Å². The molecule has 1 rings (SSSR count). The predicted molar refractivity (Wildman–Crippen MR) is 70.9 cm³/mol. The highest BCUT2D eigenvalue weighted by Gasteiger charge is 2.23. The number of nitrogens with one attached hydrogen (secondary N) is 1. The molecule has 0 aliphatic rings. The van der Waals surface area contributed by atoms with Crippen molar-refractivity contribution >= 4 is 11.6 Å². The molecular formula is C13H20N2O3. The Morgan fingerprint density at radius 1 is 1.50 bits per heavy atom. The summed E-state index contributed by atoms with van der Waals surface area (Å²) in [7, 11) is 1.54. The minimum atomic E-state index is -0.895. The fourth-order valence-electron chi connectivity index (χ4n) is 1.38. The molecular weight excluding hydrogens is 232 g/mol. The van der Waals surface area contributed by atoms with E-state index in [1.807, 2.05) is 6.92 Å². The van der Waals surface area contributed by atoms with Crippen LogP contribution in [0, 0.1) is 0 Å². The summed E-state index contributed by atoms with van der Waals surface area (Å²) in [4.78, 5) is 11.1. The van der Waals surface area contributed by atoms with E-state index in [0.717, 1.165) is 0 Å². The van der Waals surface area contributed by atoms with Crippen molar-refractivity contribution in [3.63, 3.8) is 0 Å². The largest absolute Gasteiger partial charge is 0.495 e. The van der Waals surface area contributed by atoms with E-state index in [1.165, 1.54) is 0 Å². The van der Waals surface area contributed by atoms with Crippen LogP contribution in [0.2, 0.25) is 0 Å². The first-order valence-electron chi connectivity index (χ1n) is 5.72. The molecule has 4 N–H and O–H groups in total. The van der Waals surface area contributed by atoms with Gasteiger partial charge in [-0.05, 0) is 39.0 Å². The van der Waals surface area contributed by atoms with Crippen molar-refractivity contribution in [2.75, 3.05) is 12.4 Å². The fraction of sp³-hybridized carbons (Fsp3) is 0.462. The molecule has 5 nitrogen and oxygen atoms in total. The van der Waals surface area contributed by atoms with Gasteiger partial charge in [-0.25, -0.2) is 0 Å². The Balaban J connectivity index is 3.05. The van der Waals surface area contributed by atoms with E-state index < -0.39 is 11.5 Å². The van der Waals surface area contributed by atoms with Crippen molar-refractivity contribution in [2.45, 2.75) is 32.4 Å². The van der Waals surface area contributed by atoms with Gasteiger partial charge in [0.15, 0.2) is 0 Å². The molecule has 0 aliphatic heterocycles. The third kappa shape index (κ3) is 3.37. The van der Waals surface area contributed by atoms with Gasteiger partial charge in [0.1, 0.15) is 5.75 Å². The van der Waals surface area contributed by atoms with E-state index in [-0.39, 0.29) is 6.04 Å². The van der Waals surface area contributed by atoms with E-state index >= 15 is 0 Å². The van der Waals surface area contributed by atoms with Gasteiger partial charge in [-0.3, -0.25) is 4.79 Å². The van der Waals surface area contributed by atoms with Gasteiger partial charge in [0.25, 0.3) is 0 Å². The first kappa shape index (κ1) is 14.3. The zero-order valence-electron chi connectivity index (χ0n) is 11.2. The van der Waals surface area contributed by atoms with Crippen LogP contribution >= 0.6 is 0 Å². The van der Waals surface area contributed by atoms with Gasteiger partial charge in [-0.2, -0.15) is 0 Å². The molecule has 0 saturated carbocycles. The number of aliphatic hydroxyl groups is 1. The molecule has 0 aromatic heterocycles. The highest BCUT2D eigenvalue weighted by Crippen LogP contribution is 2.27. The number of primary amides is 1. The second-order valence-electron chi connectivity index (χ2n) is 4.80. The minimum Gasteiger partial charge on any atom is -0.495 e. The number of anilines is 1. The highest BCUT2D eigenvalue weighted by atomic mass is 16.5. The van der Waals surface area contributed by atoms with Crippen molar-refractivity contribution in [1.82, 2.24) is 0 Å². The maximum Gasteiger partial charge on any atom is 0.248 e. The van der Waals surface area contributed by atoms with Crippen molar-refractivity contribution < 1.29 is 14.6 Å². The maximum absolute atomic E-state index is 11.1. The van der Waals surface area contributed by atoms with E-state index in [4.69, 9.17) is 10.5 Å². The van der Waals surface area contributed by atoms with Crippen LogP contribution in [0.3, 0.4) is 0 Å². The molecule has 0 radical (unpaired) electrons. The number of benzene rings is 1. The zero-order chi connectivity index (χ0) is 13.9. The number of hydrogen-bond donors (Lipinski definition) is 3. The maximum atomic E-state index is 11.1. The lowest BCUT2D eigenvalue weighted by Gasteiger charge is -2.28. The molecule has 0 aliphatic carbocycles. The Morgan fingerprint density at radius 2 is 2.11 bits per heavy atom. The number of nitrogens with two attached hydrogens (primary N) is 1. The second kappa shape index (κ2) is 5.27. The summed E-state index contributed by atoms with van der Waals surface area (Å²) in [5, 5.41) is 13.0. The first-order valence-corrected chi connectivity index (χ1v) is 5.72. The zero-order valence-corrected chi connectivity index (χ0v) is 11.2. The summed E-state index contributed by atoms with van der Waals surface area (Å²) >= 11 is 0. The molecule has 0 bridgehead atoms. The Kier molecular flexibility index (Phi) is 4.19. The van der Waals surface area contributed by atoms with Crippen molar-refractivity contribution in [1.29, 1.82) is 0 Å². The Hall–Kier alpha value is -1.75. The molecule has 1 aromatic carbocycles. The summed E-state index contributed by atoms with van der Waals surface area (Å²) in [6, 6.07) is 4.67. The van der Waals surface area contributed by atoms with Gasteiger partial charge < -0.3 is 20.9 Å². The van der Waals surface area contributed by atoms with E-state index in [0.29, 0.717) is 17.0 Å². The standard InChI is InChI=1S/C13H20N2O3/c1-8(13(2,3)17)15-10-7-9(12(14)16)5-6-11(10)18-4/h5-8,15,17H,1-4H3,(H2,14,16). The number of hydrogen-bond acceptors (Lipinski definition) is 4. The van der Waals surface area contributed by atoms with Gasteiger partial charge in [-0.1, -0.05) is 0 Å². The van der Waals surface area contributed by atoms with Crippen LogP contribution in [-0.4, -0.2) is 29.8 Å². The summed E-state index contributed by atoms with van der Waals surface area (Å²) in [6.07, 6.45) is 0. The van der Waals surface area contributed by atoms with Crippen molar-refractivity contribution in [2.24, 2.45) is 5.73 Å². The molecule has 5 heteroatoms. The topological polar surface area (TPSA) is 84.6 Å². The molecule has 0 saturated heterocycles. The SMILES string of the molecule is COc1ccc(C(N)=O)cc1NC(C)C(C)(C)O. The Labute approximate surface area is 107 Å². The quantitative estimate of drug-likeness (QED) is 0.738. The molecule has 0 spiro atoms. The van der Waals surface area contributed by atoms with E-state index in [1.54, 1.807) is 39.2 Å². The number of carbonyl (C=O) groups is 1. The van der Waals surface area contributed by atoms with Gasteiger partial charge in [0, 0.05) is 5.56 Å². The lowest BCUT2D eigenvalue weighted by molar-refractivity contribution is 0.0648. The highest BCUT2D eigenvalue weighted by molar-refractivity contribution is 5.94. The average molecular weight is 252 g/mol. The molecule has 1 aromatic rings. The second-order valence-corrected chi connectivity index (χ2v) is 4.80. The van der Waals surface area contributed by atoms with Crippen LogP contribution in [0.25, 0.3) is 0 Å². The number of rotatable bonds is 5. The minimum absolute atomic E-state index is 0.213.